The summed E-state index contributed by atoms with van der Waals surface area (Å²) in [5, 5.41) is 3.56. The first-order chi connectivity index (χ1) is 7.86. The Morgan fingerprint density at radius 2 is 2.31 bits per heavy atom. The van der Waals surface area contributed by atoms with E-state index in [0.717, 1.165) is 17.7 Å². The maximum Gasteiger partial charge on any atom is 0.159 e. The van der Waals surface area contributed by atoms with Crippen LogP contribution in [-0.4, -0.2) is 21.1 Å². The van der Waals surface area contributed by atoms with Gasteiger partial charge in [0, 0.05) is 24.8 Å². The van der Waals surface area contributed by atoms with Gasteiger partial charge in [-0.1, -0.05) is 6.42 Å². The second-order valence-electron chi connectivity index (χ2n) is 4.43. The molecule has 1 atom stereocenters. The molecule has 1 N–H and O–H groups in total. The average molecular weight is 216 g/mol. The van der Waals surface area contributed by atoms with Crippen LogP contribution in [0.1, 0.15) is 30.9 Å². The number of aromatic nitrogens is 3. The van der Waals surface area contributed by atoms with Crippen LogP contribution in [0.15, 0.2) is 18.6 Å². The molecule has 1 saturated heterocycles. The van der Waals surface area contributed by atoms with Gasteiger partial charge in [-0.3, -0.25) is 0 Å². The number of rotatable bonds is 1. The fourth-order valence-corrected chi connectivity index (χ4v) is 2.45. The number of nitrogens with one attached hydrogen (secondary N) is 1. The first-order valence-electron chi connectivity index (χ1n) is 5.85. The fourth-order valence-electron chi connectivity index (χ4n) is 2.45. The van der Waals surface area contributed by atoms with E-state index in [9.17, 15) is 0 Å². The Morgan fingerprint density at radius 1 is 1.38 bits per heavy atom. The Labute approximate surface area is 94.7 Å². The summed E-state index contributed by atoms with van der Waals surface area (Å²) < 4.78 is 1.97. The first kappa shape index (κ1) is 9.78. The van der Waals surface area contributed by atoms with E-state index in [2.05, 4.69) is 21.4 Å². The Bertz CT molecular complexity index is 497. The monoisotopic (exact) mass is 216 g/mol. The minimum absolute atomic E-state index is 0.453. The smallest absolute Gasteiger partial charge is 0.159 e. The van der Waals surface area contributed by atoms with Gasteiger partial charge in [-0.05, 0) is 25.5 Å². The van der Waals surface area contributed by atoms with E-state index in [1.165, 1.54) is 24.8 Å². The van der Waals surface area contributed by atoms with Crippen LogP contribution in [0, 0.1) is 0 Å². The Hall–Kier alpha value is -1.42. The predicted octanol–water partition coefficient (Wildman–Crippen LogP) is 1.78. The van der Waals surface area contributed by atoms with Crippen molar-refractivity contribution in [3.8, 4) is 0 Å². The van der Waals surface area contributed by atoms with Crippen LogP contribution in [0.5, 0.6) is 0 Å². The van der Waals surface area contributed by atoms with Crippen molar-refractivity contribution in [1.29, 1.82) is 0 Å². The molecule has 0 aromatic carbocycles. The summed E-state index contributed by atoms with van der Waals surface area (Å²) >= 11 is 0. The normalized spacial score (nSPS) is 21.4. The molecular formula is C12H16N4. The van der Waals surface area contributed by atoms with Crippen molar-refractivity contribution in [3.05, 3.63) is 24.2 Å². The first-order valence-corrected chi connectivity index (χ1v) is 5.85. The molecular weight excluding hydrogens is 200 g/mol. The highest BCUT2D eigenvalue weighted by molar-refractivity contribution is 5.75. The fraction of sp³-hybridized carbons (Fsp3) is 0.500. The van der Waals surface area contributed by atoms with E-state index in [1.54, 1.807) is 0 Å². The molecule has 0 spiro atoms. The largest absolute Gasteiger partial charge is 0.318 e. The van der Waals surface area contributed by atoms with Gasteiger partial charge in [0.15, 0.2) is 5.65 Å². The van der Waals surface area contributed by atoms with E-state index in [1.807, 2.05) is 24.1 Å². The number of hydrogen-bond donors (Lipinski definition) is 1. The van der Waals surface area contributed by atoms with Gasteiger partial charge in [-0.25, -0.2) is 9.97 Å². The molecule has 2 aromatic heterocycles. The summed E-state index contributed by atoms with van der Waals surface area (Å²) in [6.07, 6.45) is 7.51. The molecule has 1 unspecified atom stereocenters. The van der Waals surface area contributed by atoms with E-state index in [0.29, 0.717) is 6.04 Å². The highest BCUT2D eigenvalue weighted by atomic mass is 15.1. The summed E-state index contributed by atoms with van der Waals surface area (Å²) in [6.45, 7) is 1.11. The SMILES string of the molecule is Cn1cnc2c(C3CCCCN3)ccnc21. The van der Waals surface area contributed by atoms with E-state index in [-0.39, 0.29) is 0 Å². The lowest BCUT2D eigenvalue weighted by atomic mass is 9.98. The van der Waals surface area contributed by atoms with E-state index >= 15 is 0 Å². The van der Waals surface area contributed by atoms with Gasteiger partial charge in [0.2, 0.25) is 0 Å². The minimum atomic E-state index is 0.453. The van der Waals surface area contributed by atoms with Crippen molar-refractivity contribution in [2.45, 2.75) is 25.3 Å². The van der Waals surface area contributed by atoms with Crippen molar-refractivity contribution >= 4 is 11.2 Å². The molecule has 1 fully saturated rings. The van der Waals surface area contributed by atoms with Crippen LogP contribution in [0.4, 0.5) is 0 Å². The molecule has 1 aliphatic rings. The van der Waals surface area contributed by atoms with Crippen molar-refractivity contribution in [3.63, 3.8) is 0 Å². The maximum absolute atomic E-state index is 4.45. The molecule has 1 aliphatic heterocycles. The number of pyridine rings is 1. The molecule has 0 amide bonds. The van der Waals surface area contributed by atoms with Gasteiger partial charge in [0.05, 0.1) is 6.33 Å². The number of piperidine rings is 1. The molecule has 2 aromatic rings. The van der Waals surface area contributed by atoms with Gasteiger partial charge < -0.3 is 9.88 Å². The van der Waals surface area contributed by atoms with Crippen LogP contribution >= 0.6 is 0 Å². The number of imidazole rings is 1. The number of nitrogens with zero attached hydrogens (tertiary/aromatic N) is 3. The second-order valence-corrected chi connectivity index (χ2v) is 4.43. The van der Waals surface area contributed by atoms with Gasteiger partial charge in [0.25, 0.3) is 0 Å². The highest BCUT2D eigenvalue weighted by Crippen LogP contribution is 2.27. The molecule has 0 saturated carbocycles. The van der Waals surface area contributed by atoms with E-state index in [4.69, 9.17) is 0 Å². The second kappa shape index (κ2) is 3.87. The number of aryl methyl sites for hydroxylation is 1. The highest BCUT2D eigenvalue weighted by Gasteiger charge is 2.18. The molecule has 4 heteroatoms. The van der Waals surface area contributed by atoms with Gasteiger partial charge in [0.1, 0.15) is 5.52 Å². The Balaban J connectivity index is 2.08. The summed E-state index contributed by atoms with van der Waals surface area (Å²) in [5.41, 5.74) is 3.32. The topological polar surface area (TPSA) is 42.7 Å². The Morgan fingerprint density at radius 3 is 3.12 bits per heavy atom. The molecule has 4 nitrogen and oxygen atoms in total. The summed E-state index contributed by atoms with van der Waals surface area (Å²) in [4.78, 5) is 8.82. The molecule has 84 valence electrons. The standard InChI is InChI=1S/C12H16N4/c1-16-8-15-11-9(5-7-14-12(11)16)10-4-2-3-6-13-10/h5,7-8,10,13H,2-4,6H2,1H3. The number of hydrogen-bond acceptors (Lipinski definition) is 3. The van der Waals surface area contributed by atoms with Crippen LogP contribution in [0.2, 0.25) is 0 Å². The lowest BCUT2D eigenvalue weighted by Gasteiger charge is -2.23. The molecule has 0 aliphatic carbocycles. The third-order valence-electron chi connectivity index (χ3n) is 3.32. The molecule has 16 heavy (non-hydrogen) atoms. The zero-order valence-corrected chi connectivity index (χ0v) is 9.48. The Kier molecular flexibility index (Phi) is 2.36. The lowest BCUT2D eigenvalue weighted by molar-refractivity contribution is 0.414. The van der Waals surface area contributed by atoms with Crippen molar-refractivity contribution in [2.24, 2.45) is 7.05 Å². The van der Waals surface area contributed by atoms with Crippen molar-refractivity contribution < 1.29 is 0 Å². The number of fused-ring (bicyclic) bond motifs is 1. The molecule has 0 bridgehead atoms. The van der Waals surface area contributed by atoms with Crippen LogP contribution in [0.3, 0.4) is 0 Å². The lowest BCUT2D eigenvalue weighted by Crippen LogP contribution is -2.27. The van der Waals surface area contributed by atoms with Gasteiger partial charge in [-0.15, -0.1) is 0 Å². The van der Waals surface area contributed by atoms with Crippen molar-refractivity contribution in [1.82, 2.24) is 19.9 Å². The molecule has 0 radical (unpaired) electrons. The predicted molar refractivity (Wildman–Crippen MR) is 63.1 cm³/mol. The quantitative estimate of drug-likeness (QED) is 0.790. The van der Waals surface area contributed by atoms with E-state index < -0.39 is 0 Å². The zero-order chi connectivity index (χ0) is 11.0. The van der Waals surface area contributed by atoms with Gasteiger partial charge in [-0.2, -0.15) is 0 Å². The van der Waals surface area contributed by atoms with Crippen LogP contribution in [-0.2, 0) is 7.05 Å². The molecule has 3 rings (SSSR count). The third kappa shape index (κ3) is 1.50. The van der Waals surface area contributed by atoms with Crippen molar-refractivity contribution in [2.75, 3.05) is 6.54 Å². The zero-order valence-electron chi connectivity index (χ0n) is 9.48. The van der Waals surface area contributed by atoms with Gasteiger partial charge >= 0.3 is 0 Å². The maximum atomic E-state index is 4.45. The van der Waals surface area contributed by atoms with Crippen LogP contribution < -0.4 is 5.32 Å². The van der Waals surface area contributed by atoms with Crippen LogP contribution in [0.25, 0.3) is 11.2 Å². The minimum Gasteiger partial charge on any atom is -0.318 e. The average Bonchev–Trinajstić information content (AvgIpc) is 2.73. The summed E-state index contributed by atoms with van der Waals surface area (Å²) in [5.74, 6) is 0. The molecule has 3 heterocycles. The third-order valence-corrected chi connectivity index (χ3v) is 3.32. The summed E-state index contributed by atoms with van der Waals surface area (Å²) in [7, 11) is 1.99. The summed E-state index contributed by atoms with van der Waals surface area (Å²) in [6, 6.07) is 2.55.